The number of amides is 2. The van der Waals surface area contributed by atoms with E-state index >= 15 is 0 Å². The van der Waals surface area contributed by atoms with Crippen molar-refractivity contribution in [2.45, 2.75) is 32.5 Å². The van der Waals surface area contributed by atoms with Gasteiger partial charge in [0.1, 0.15) is 11.4 Å². The maximum Gasteiger partial charge on any atom is 0.410 e. The number of nitrogen functional groups attached to an aromatic ring is 1. The van der Waals surface area contributed by atoms with Crippen LogP contribution >= 0.6 is 0 Å². The zero-order valence-corrected chi connectivity index (χ0v) is 13.8. The number of nitrogens with two attached hydrogens (primary N) is 1. The van der Waals surface area contributed by atoms with Gasteiger partial charge in [-0.2, -0.15) is 0 Å². The van der Waals surface area contributed by atoms with E-state index in [1.165, 1.54) is 4.90 Å². The molecule has 8 nitrogen and oxygen atoms in total. The second-order valence-corrected chi connectivity index (χ2v) is 6.37. The standard InChI is InChI=1S/C15H21FN4O4/c1-15(2,3)24-14(22)20-4-5-23-11(8-20)13(21)19-12-10(17)6-9(16)7-18-12/h6-7,11H,4-5,8,17H2,1-3H3,(H,18,19,21)/t11-/m1/s1. The quantitative estimate of drug-likeness (QED) is 0.842. The van der Waals surface area contributed by atoms with E-state index in [1.807, 2.05) is 0 Å². The Bertz CT molecular complexity index is 632. The molecule has 0 aliphatic carbocycles. The van der Waals surface area contributed by atoms with Crippen LogP contribution in [0.15, 0.2) is 12.3 Å². The van der Waals surface area contributed by atoms with E-state index in [0.717, 1.165) is 12.3 Å². The predicted molar refractivity (Wildman–Crippen MR) is 84.8 cm³/mol. The zero-order chi connectivity index (χ0) is 17.9. The molecule has 0 bridgehead atoms. The number of morpholine rings is 1. The smallest absolute Gasteiger partial charge is 0.410 e. The summed E-state index contributed by atoms with van der Waals surface area (Å²) in [7, 11) is 0. The van der Waals surface area contributed by atoms with Crippen molar-refractivity contribution >= 4 is 23.5 Å². The molecular weight excluding hydrogens is 319 g/mol. The summed E-state index contributed by atoms with van der Waals surface area (Å²) in [6.45, 7) is 5.86. The fourth-order valence-electron chi connectivity index (χ4n) is 2.06. The lowest BCUT2D eigenvalue weighted by Crippen LogP contribution is -2.51. The van der Waals surface area contributed by atoms with Crippen LogP contribution in [-0.4, -0.2) is 53.3 Å². The number of hydrogen-bond acceptors (Lipinski definition) is 6. The summed E-state index contributed by atoms with van der Waals surface area (Å²) in [5, 5.41) is 2.47. The zero-order valence-electron chi connectivity index (χ0n) is 13.8. The third-order valence-corrected chi connectivity index (χ3v) is 3.14. The number of nitrogens with one attached hydrogen (secondary N) is 1. The predicted octanol–water partition coefficient (Wildman–Crippen LogP) is 1.38. The van der Waals surface area contributed by atoms with Crippen molar-refractivity contribution in [1.82, 2.24) is 9.88 Å². The second-order valence-electron chi connectivity index (χ2n) is 6.37. The lowest BCUT2D eigenvalue weighted by molar-refractivity contribution is -0.132. The number of rotatable bonds is 2. The van der Waals surface area contributed by atoms with Crippen molar-refractivity contribution in [3.8, 4) is 0 Å². The number of nitrogens with zero attached hydrogens (tertiary/aromatic N) is 2. The Morgan fingerprint density at radius 1 is 1.50 bits per heavy atom. The van der Waals surface area contributed by atoms with Crippen molar-refractivity contribution in [1.29, 1.82) is 0 Å². The molecule has 1 aliphatic rings. The number of ether oxygens (including phenoxy) is 2. The van der Waals surface area contributed by atoms with Crippen LogP contribution in [-0.2, 0) is 14.3 Å². The molecule has 132 valence electrons. The topological polar surface area (TPSA) is 107 Å². The Morgan fingerprint density at radius 2 is 2.21 bits per heavy atom. The van der Waals surface area contributed by atoms with Crippen LogP contribution in [0.5, 0.6) is 0 Å². The first-order valence-corrected chi connectivity index (χ1v) is 7.47. The molecule has 1 aromatic heterocycles. The lowest BCUT2D eigenvalue weighted by Gasteiger charge is -2.33. The summed E-state index contributed by atoms with van der Waals surface area (Å²) in [5.41, 5.74) is 4.98. The molecule has 1 fully saturated rings. The van der Waals surface area contributed by atoms with Gasteiger partial charge in [0.05, 0.1) is 25.0 Å². The number of anilines is 2. The third-order valence-electron chi connectivity index (χ3n) is 3.14. The van der Waals surface area contributed by atoms with Crippen molar-refractivity contribution in [3.05, 3.63) is 18.1 Å². The fourth-order valence-corrected chi connectivity index (χ4v) is 2.06. The SMILES string of the molecule is CC(C)(C)OC(=O)N1CCO[C@@H](C(=O)Nc2ncc(F)cc2N)C1. The van der Waals surface area contributed by atoms with Crippen LogP contribution in [0.2, 0.25) is 0 Å². The van der Waals surface area contributed by atoms with E-state index in [2.05, 4.69) is 10.3 Å². The molecule has 9 heteroatoms. The minimum absolute atomic E-state index is 0.00292. The molecule has 2 amide bonds. The van der Waals surface area contributed by atoms with Crippen LogP contribution in [0.25, 0.3) is 0 Å². The first-order valence-electron chi connectivity index (χ1n) is 7.47. The average molecular weight is 340 g/mol. The minimum atomic E-state index is -0.891. The number of carbonyl (C=O) groups excluding carboxylic acids is 2. The molecule has 1 aromatic rings. The van der Waals surface area contributed by atoms with Crippen LogP contribution < -0.4 is 11.1 Å². The summed E-state index contributed by atoms with van der Waals surface area (Å²) in [6, 6.07) is 1.05. The first-order chi connectivity index (χ1) is 11.2. The molecule has 0 aromatic carbocycles. The number of aromatic nitrogens is 1. The van der Waals surface area contributed by atoms with E-state index < -0.39 is 29.5 Å². The molecule has 0 radical (unpaired) electrons. The summed E-state index contributed by atoms with van der Waals surface area (Å²) >= 11 is 0. The van der Waals surface area contributed by atoms with Crippen LogP contribution in [0, 0.1) is 5.82 Å². The molecule has 1 saturated heterocycles. The largest absolute Gasteiger partial charge is 0.444 e. The highest BCUT2D eigenvalue weighted by molar-refractivity contribution is 5.96. The average Bonchev–Trinajstić information content (AvgIpc) is 2.48. The van der Waals surface area contributed by atoms with Crippen molar-refractivity contribution in [2.24, 2.45) is 0 Å². The van der Waals surface area contributed by atoms with Gasteiger partial charge in [0.15, 0.2) is 11.9 Å². The van der Waals surface area contributed by atoms with Gasteiger partial charge in [0.2, 0.25) is 0 Å². The summed E-state index contributed by atoms with van der Waals surface area (Å²) in [6.07, 6.45) is -0.457. The molecule has 0 spiro atoms. The van der Waals surface area contributed by atoms with E-state index in [1.54, 1.807) is 20.8 Å². The first kappa shape index (κ1) is 17.9. The number of pyridine rings is 1. The van der Waals surface area contributed by atoms with E-state index in [0.29, 0.717) is 6.54 Å². The molecule has 2 rings (SSSR count). The summed E-state index contributed by atoms with van der Waals surface area (Å²) < 4.78 is 23.6. The highest BCUT2D eigenvalue weighted by atomic mass is 19.1. The monoisotopic (exact) mass is 340 g/mol. The van der Waals surface area contributed by atoms with Crippen molar-refractivity contribution in [2.75, 3.05) is 30.7 Å². The highest BCUT2D eigenvalue weighted by Crippen LogP contribution is 2.18. The van der Waals surface area contributed by atoms with Crippen LogP contribution in [0.1, 0.15) is 20.8 Å². The number of carbonyl (C=O) groups is 2. The second kappa shape index (κ2) is 7.00. The Balaban J connectivity index is 1.98. The molecule has 0 saturated carbocycles. The minimum Gasteiger partial charge on any atom is -0.444 e. The Kier molecular flexibility index (Phi) is 5.23. The number of halogens is 1. The fraction of sp³-hybridized carbons (Fsp3) is 0.533. The Labute approximate surface area is 139 Å². The van der Waals surface area contributed by atoms with Gasteiger partial charge in [-0.3, -0.25) is 4.79 Å². The normalized spacial score (nSPS) is 18.2. The van der Waals surface area contributed by atoms with Gasteiger partial charge >= 0.3 is 6.09 Å². The highest BCUT2D eigenvalue weighted by Gasteiger charge is 2.32. The van der Waals surface area contributed by atoms with Gasteiger partial charge in [-0.25, -0.2) is 14.2 Å². The Hall–Kier alpha value is -2.42. The van der Waals surface area contributed by atoms with Gasteiger partial charge in [-0.15, -0.1) is 0 Å². The molecule has 24 heavy (non-hydrogen) atoms. The van der Waals surface area contributed by atoms with E-state index in [4.69, 9.17) is 15.2 Å². The molecule has 2 heterocycles. The van der Waals surface area contributed by atoms with Gasteiger partial charge in [-0.1, -0.05) is 0 Å². The van der Waals surface area contributed by atoms with Crippen molar-refractivity contribution < 1.29 is 23.5 Å². The summed E-state index contributed by atoms with van der Waals surface area (Å²) in [5.74, 6) is -1.08. The van der Waals surface area contributed by atoms with Gasteiger partial charge in [0.25, 0.3) is 5.91 Å². The molecule has 1 aliphatic heterocycles. The maximum absolute atomic E-state index is 13.0. The van der Waals surface area contributed by atoms with Crippen molar-refractivity contribution in [3.63, 3.8) is 0 Å². The molecular formula is C15H21FN4O4. The number of hydrogen-bond donors (Lipinski definition) is 2. The summed E-state index contributed by atoms with van der Waals surface area (Å²) in [4.78, 5) is 29.5. The molecule has 1 atom stereocenters. The third kappa shape index (κ3) is 4.79. The van der Waals surface area contributed by atoms with Gasteiger partial charge in [-0.05, 0) is 20.8 Å². The van der Waals surface area contributed by atoms with E-state index in [-0.39, 0.29) is 24.7 Å². The maximum atomic E-state index is 13.0. The van der Waals surface area contributed by atoms with Gasteiger partial charge in [0, 0.05) is 12.6 Å². The lowest BCUT2D eigenvalue weighted by atomic mass is 10.2. The van der Waals surface area contributed by atoms with Crippen LogP contribution in [0.3, 0.4) is 0 Å². The van der Waals surface area contributed by atoms with Crippen LogP contribution in [0.4, 0.5) is 20.7 Å². The Morgan fingerprint density at radius 3 is 2.83 bits per heavy atom. The van der Waals surface area contributed by atoms with E-state index in [9.17, 15) is 14.0 Å². The molecule has 3 N–H and O–H groups in total. The van der Waals surface area contributed by atoms with Gasteiger partial charge < -0.3 is 25.4 Å². The molecule has 0 unspecified atom stereocenters.